The Morgan fingerprint density at radius 3 is 2.82 bits per heavy atom. The van der Waals surface area contributed by atoms with Gasteiger partial charge in [0.15, 0.2) is 5.82 Å². The maximum Gasteiger partial charge on any atom is 0.293 e. The lowest BCUT2D eigenvalue weighted by atomic mass is 10.4. The summed E-state index contributed by atoms with van der Waals surface area (Å²) in [6, 6.07) is 0. The summed E-state index contributed by atoms with van der Waals surface area (Å²) in [5.74, 6) is 0.574. The van der Waals surface area contributed by atoms with Crippen molar-refractivity contribution in [2.45, 2.75) is 33.2 Å². The summed E-state index contributed by atoms with van der Waals surface area (Å²) < 4.78 is 1.74. The van der Waals surface area contributed by atoms with Gasteiger partial charge in [-0.1, -0.05) is 22.9 Å². The topological polar surface area (TPSA) is 38.1 Å². The van der Waals surface area contributed by atoms with Crippen LogP contribution in [0, 0.1) is 0 Å². The molecule has 1 heterocycles. The van der Waals surface area contributed by atoms with Crippen LogP contribution < -0.4 is 10.5 Å². The number of nitrogens with zero attached hydrogens (tertiary/aromatic N) is 3. The Morgan fingerprint density at radius 2 is 2.24 bits per heavy atom. The molecule has 0 unspecified atom stereocenters. The molecule has 1 aromatic heterocycles. The van der Waals surface area contributed by atoms with Crippen molar-refractivity contribution in [3.63, 3.8) is 0 Å². The first-order chi connectivity index (χ1) is 8.24. The summed E-state index contributed by atoms with van der Waals surface area (Å²) in [7, 11) is 0. The minimum Gasteiger partial charge on any atom is -0.352 e. The molecule has 0 N–H and O–H groups in total. The lowest BCUT2D eigenvalue weighted by Crippen LogP contribution is -2.34. The van der Waals surface area contributed by atoms with E-state index in [9.17, 15) is 4.79 Å². The van der Waals surface area contributed by atoms with E-state index >= 15 is 0 Å². The highest BCUT2D eigenvalue weighted by Crippen LogP contribution is 2.05. The molecule has 0 saturated heterocycles. The van der Waals surface area contributed by atoms with E-state index in [4.69, 9.17) is 0 Å². The summed E-state index contributed by atoms with van der Waals surface area (Å²) in [6.45, 7) is 6.54. The highest BCUT2D eigenvalue weighted by Gasteiger charge is 2.11. The zero-order valence-electron chi connectivity index (χ0n) is 10.5. The van der Waals surface area contributed by atoms with Gasteiger partial charge in [-0.2, -0.15) is 0 Å². The molecule has 5 heteroatoms. The molecule has 0 atom stereocenters. The predicted molar refractivity (Wildman–Crippen MR) is 75.1 cm³/mol. The summed E-state index contributed by atoms with van der Waals surface area (Å²) in [6.07, 6.45) is 5.44. The fourth-order valence-electron chi connectivity index (χ4n) is 1.73. The van der Waals surface area contributed by atoms with E-state index in [-0.39, 0.29) is 5.56 Å². The van der Waals surface area contributed by atoms with Crippen LogP contribution in [0.2, 0.25) is 0 Å². The molecule has 0 aliphatic carbocycles. The summed E-state index contributed by atoms with van der Waals surface area (Å²) in [4.78, 5) is 18.4. The number of anilines is 1. The van der Waals surface area contributed by atoms with Gasteiger partial charge in [0.05, 0.1) is 0 Å². The minimum atomic E-state index is 0.0192. The molecule has 0 aliphatic rings. The minimum absolute atomic E-state index is 0.0192. The van der Waals surface area contributed by atoms with Crippen molar-refractivity contribution in [3.8, 4) is 0 Å². The Labute approximate surface area is 111 Å². The maximum absolute atomic E-state index is 12.2. The molecular formula is C12H20BrN3O. The Kier molecular flexibility index (Phi) is 6.26. The molecule has 1 aromatic rings. The molecule has 0 radical (unpaired) electrons. The van der Waals surface area contributed by atoms with Crippen molar-refractivity contribution in [3.05, 3.63) is 22.7 Å². The molecule has 17 heavy (non-hydrogen) atoms. The number of alkyl halides is 1. The molecule has 0 saturated carbocycles. The molecular weight excluding hydrogens is 282 g/mol. The average molecular weight is 302 g/mol. The van der Waals surface area contributed by atoms with Crippen molar-refractivity contribution in [1.29, 1.82) is 0 Å². The summed E-state index contributed by atoms with van der Waals surface area (Å²) >= 11 is 3.41. The zero-order valence-corrected chi connectivity index (χ0v) is 12.1. The van der Waals surface area contributed by atoms with Crippen molar-refractivity contribution in [2.75, 3.05) is 23.3 Å². The molecule has 96 valence electrons. The number of halogens is 1. The van der Waals surface area contributed by atoms with Gasteiger partial charge in [-0.15, -0.1) is 0 Å². The Morgan fingerprint density at radius 1 is 1.47 bits per heavy atom. The van der Waals surface area contributed by atoms with Gasteiger partial charge in [0, 0.05) is 37.4 Å². The molecule has 0 bridgehead atoms. The first kappa shape index (κ1) is 14.2. The molecule has 4 nitrogen and oxygen atoms in total. The van der Waals surface area contributed by atoms with Crippen LogP contribution in [0.4, 0.5) is 5.82 Å². The van der Waals surface area contributed by atoms with Crippen molar-refractivity contribution in [2.24, 2.45) is 0 Å². The highest BCUT2D eigenvalue weighted by atomic mass is 79.9. The Bertz CT molecular complexity index is 392. The van der Waals surface area contributed by atoms with E-state index < -0.39 is 0 Å². The Balaban J connectivity index is 2.94. The monoisotopic (exact) mass is 301 g/mol. The van der Waals surface area contributed by atoms with E-state index in [2.05, 4.69) is 27.8 Å². The molecule has 0 aliphatic heterocycles. The highest BCUT2D eigenvalue weighted by molar-refractivity contribution is 9.09. The van der Waals surface area contributed by atoms with Gasteiger partial charge < -0.3 is 9.47 Å². The van der Waals surface area contributed by atoms with Crippen LogP contribution in [-0.4, -0.2) is 28.0 Å². The number of hydrogen-bond donors (Lipinski definition) is 0. The van der Waals surface area contributed by atoms with Crippen LogP contribution in [0.1, 0.15) is 26.7 Å². The standard InChI is InChI=1S/C12H20BrN3O/c1-3-8-16-10-7-14-11(12(16)17)15(4-2)9-5-6-13/h7,10H,3-6,8-9H2,1-2H3. The van der Waals surface area contributed by atoms with E-state index in [1.165, 1.54) is 0 Å². The molecule has 1 rings (SSSR count). The second-order valence-corrected chi connectivity index (χ2v) is 4.66. The third kappa shape index (κ3) is 3.84. The van der Waals surface area contributed by atoms with E-state index in [0.29, 0.717) is 5.82 Å². The van der Waals surface area contributed by atoms with Gasteiger partial charge in [0.1, 0.15) is 0 Å². The third-order valence-corrected chi connectivity index (χ3v) is 3.16. The normalized spacial score (nSPS) is 10.5. The molecule has 0 aromatic carbocycles. The van der Waals surface area contributed by atoms with Crippen LogP contribution in [0.25, 0.3) is 0 Å². The van der Waals surface area contributed by atoms with Gasteiger partial charge >= 0.3 is 0 Å². The maximum atomic E-state index is 12.2. The van der Waals surface area contributed by atoms with Gasteiger partial charge in [-0.3, -0.25) is 4.79 Å². The Hall–Kier alpha value is -0.840. The fraction of sp³-hybridized carbons (Fsp3) is 0.667. The van der Waals surface area contributed by atoms with Gasteiger partial charge in [-0.05, 0) is 19.8 Å². The lowest BCUT2D eigenvalue weighted by molar-refractivity contribution is 0.640. The quantitative estimate of drug-likeness (QED) is 0.725. The predicted octanol–water partition coefficient (Wildman–Crippen LogP) is 2.26. The van der Waals surface area contributed by atoms with Crippen LogP contribution in [0.15, 0.2) is 17.2 Å². The first-order valence-corrected chi connectivity index (χ1v) is 7.23. The largest absolute Gasteiger partial charge is 0.352 e. The fourth-order valence-corrected chi connectivity index (χ4v) is 1.98. The van der Waals surface area contributed by atoms with E-state index in [1.807, 2.05) is 11.8 Å². The van der Waals surface area contributed by atoms with Gasteiger partial charge in [0.25, 0.3) is 5.56 Å². The van der Waals surface area contributed by atoms with Crippen molar-refractivity contribution in [1.82, 2.24) is 9.55 Å². The van der Waals surface area contributed by atoms with Gasteiger partial charge in [0.2, 0.25) is 0 Å². The van der Waals surface area contributed by atoms with E-state index in [1.54, 1.807) is 17.0 Å². The first-order valence-electron chi connectivity index (χ1n) is 6.10. The third-order valence-electron chi connectivity index (χ3n) is 2.60. The van der Waals surface area contributed by atoms with Crippen LogP contribution in [-0.2, 0) is 6.54 Å². The molecule has 0 amide bonds. The average Bonchev–Trinajstić information content (AvgIpc) is 2.34. The molecule has 0 fully saturated rings. The number of rotatable bonds is 7. The van der Waals surface area contributed by atoms with Crippen LogP contribution in [0.3, 0.4) is 0 Å². The van der Waals surface area contributed by atoms with Crippen molar-refractivity contribution >= 4 is 21.7 Å². The number of aryl methyl sites for hydroxylation is 1. The molecule has 0 spiro atoms. The second-order valence-electron chi connectivity index (χ2n) is 3.87. The summed E-state index contributed by atoms with van der Waals surface area (Å²) in [5, 5.41) is 0.944. The second kappa shape index (κ2) is 7.48. The lowest BCUT2D eigenvalue weighted by Gasteiger charge is -2.21. The smallest absolute Gasteiger partial charge is 0.293 e. The number of hydrogen-bond acceptors (Lipinski definition) is 3. The summed E-state index contributed by atoms with van der Waals surface area (Å²) in [5.41, 5.74) is 0.0192. The van der Waals surface area contributed by atoms with Crippen molar-refractivity contribution < 1.29 is 0 Å². The van der Waals surface area contributed by atoms with Gasteiger partial charge in [-0.25, -0.2) is 4.98 Å². The number of aromatic nitrogens is 2. The zero-order chi connectivity index (χ0) is 12.7. The van der Waals surface area contributed by atoms with E-state index in [0.717, 1.165) is 37.8 Å². The SMILES string of the molecule is CCCn1ccnc(N(CC)CCCBr)c1=O. The van der Waals surface area contributed by atoms with Crippen LogP contribution in [0.5, 0.6) is 0 Å². The van der Waals surface area contributed by atoms with Crippen LogP contribution >= 0.6 is 15.9 Å².